The Kier molecular flexibility index (Phi) is 7.72. The van der Waals surface area contributed by atoms with E-state index in [1.54, 1.807) is 0 Å². The number of nitrogens with one attached hydrogen (secondary N) is 1. The molecule has 1 heterocycles. The van der Waals surface area contributed by atoms with Crippen molar-refractivity contribution in [2.75, 3.05) is 46.0 Å². The molecule has 0 spiro atoms. The smallest absolute Gasteiger partial charge is 0.0558 e. The Morgan fingerprint density at radius 2 is 1.88 bits per heavy atom. The number of hydrogen-bond donors (Lipinski definition) is 4. The number of aliphatic hydroxyl groups excluding tert-OH is 3. The number of piperidine rings is 1. The maximum Gasteiger partial charge on any atom is 0.0558 e. The van der Waals surface area contributed by atoms with Crippen LogP contribution in [0.3, 0.4) is 0 Å². The van der Waals surface area contributed by atoms with Gasteiger partial charge in [-0.1, -0.05) is 0 Å². The zero-order valence-electron chi connectivity index (χ0n) is 10.5. The number of rotatable bonds is 8. The quantitative estimate of drug-likeness (QED) is 0.443. The molecule has 1 aliphatic rings. The van der Waals surface area contributed by atoms with Gasteiger partial charge in [0.1, 0.15) is 0 Å². The van der Waals surface area contributed by atoms with E-state index in [1.807, 2.05) is 0 Å². The lowest BCUT2D eigenvalue weighted by Gasteiger charge is -2.38. The van der Waals surface area contributed by atoms with Crippen LogP contribution in [0.2, 0.25) is 0 Å². The van der Waals surface area contributed by atoms with E-state index in [-0.39, 0.29) is 19.8 Å². The van der Waals surface area contributed by atoms with Gasteiger partial charge >= 0.3 is 0 Å². The van der Waals surface area contributed by atoms with Gasteiger partial charge in [-0.15, -0.1) is 0 Å². The summed E-state index contributed by atoms with van der Waals surface area (Å²) in [5, 5.41) is 30.0. The van der Waals surface area contributed by atoms with Crippen molar-refractivity contribution in [3.05, 3.63) is 0 Å². The van der Waals surface area contributed by atoms with Crippen LogP contribution < -0.4 is 5.32 Å². The van der Waals surface area contributed by atoms with Gasteiger partial charge in [-0.05, 0) is 25.2 Å². The first-order valence-corrected chi connectivity index (χ1v) is 6.58. The monoisotopic (exact) mass is 246 g/mol. The molecule has 0 amide bonds. The molecule has 4 N–H and O–H groups in total. The lowest BCUT2D eigenvalue weighted by molar-refractivity contribution is 0.106. The van der Waals surface area contributed by atoms with Crippen LogP contribution in [0.1, 0.15) is 19.3 Å². The fraction of sp³-hybridized carbons (Fsp3) is 1.00. The van der Waals surface area contributed by atoms with Crippen LogP contribution in [-0.4, -0.2) is 72.3 Å². The van der Waals surface area contributed by atoms with Crippen molar-refractivity contribution in [1.29, 1.82) is 0 Å². The van der Waals surface area contributed by atoms with E-state index >= 15 is 0 Å². The lowest BCUT2D eigenvalue weighted by atomic mass is 9.90. The molecular formula is C12H26N2O3. The second kappa shape index (κ2) is 8.83. The summed E-state index contributed by atoms with van der Waals surface area (Å²) >= 11 is 0. The predicted molar refractivity (Wildman–Crippen MR) is 66.8 cm³/mol. The Hall–Kier alpha value is -0.200. The summed E-state index contributed by atoms with van der Waals surface area (Å²) in [4.78, 5) is 2.26. The summed E-state index contributed by atoms with van der Waals surface area (Å²) in [7, 11) is 0. The molecule has 2 atom stereocenters. The minimum absolute atomic E-state index is 0.164. The molecule has 5 nitrogen and oxygen atoms in total. The highest BCUT2D eigenvalue weighted by Gasteiger charge is 2.25. The van der Waals surface area contributed by atoms with Gasteiger partial charge < -0.3 is 20.6 Å². The highest BCUT2D eigenvalue weighted by Crippen LogP contribution is 2.21. The Morgan fingerprint density at radius 1 is 1.06 bits per heavy atom. The molecular weight excluding hydrogens is 220 g/mol. The summed E-state index contributed by atoms with van der Waals surface area (Å²) in [6, 6.07) is 0.395. The zero-order chi connectivity index (χ0) is 12.5. The van der Waals surface area contributed by atoms with Crippen LogP contribution >= 0.6 is 0 Å². The Bertz CT molecular complexity index is 177. The summed E-state index contributed by atoms with van der Waals surface area (Å²) < 4.78 is 0. The van der Waals surface area contributed by atoms with Crippen LogP contribution in [0.4, 0.5) is 0 Å². The van der Waals surface area contributed by atoms with E-state index in [1.165, 1.54) is 0 Å². The van der Waals surface area contributed by atoms with E-state index in [0.29, 0.717) is 25.0 Å². The summed E-state index contributed by atoms with van der Waals surface area (Å²) in [6.07, 6.45) is 2.99. The fourth-order valence-electron chi connectivity index (χ4n) is 2.63. The third kappa shape index (κ3) is 5.79. The van der Waals surface area contributed by atoms with Crippen molar-refractivity contribution < 1.29 is 15.3 Å². The van der Waals surface area contributed by atoms with Crippen molar-refractivity contribution in [1.82, 2.24) is 10.2 Å². The molecule has 0 saturated carbocycles. The highest BCUT2D eigenvalue weighted by atomic mass is 16.3. The van der Waals surface area contributed by atoms with Crippen molar-refractivity contribution in [3.8, 4) is 0 Å². The van der Waals surface area contributed by atoms with Gasteiger partial charge in [0.25, 0.3) is 0 Å². The van der Waals surface area contributed by atoms with Crippen LogP contribution in [0.15, 0.2) is 0 Å². The first-order chi connectivity index (χ1) is 8.30. The number of hydrogen-bond acceptors (Lipinski definition) is 5. The van der Waals surface area contributed by atoms with Crippen LogP contribution in [0.5, 0.6) is 0 Å². The topological polar surface area (TPSA) is 76.0 Å². The van der Waals surface area contributed by atoms with Gasteiger partial charge in [-0.2, -0.15) is 0 Å². The highest BCUT2D eigenvalue weighted by molar-refractivity contribution is 4.83. The number of β-amino-alcohol motifs (C(OH)–C–C–N with tert-alkyl or cyclic N) is 1. The zero-order valence-corrected chi connectivity index (χ0v) is 10.5. The second-order valence-electron chi connectivity index (χ2n) is 4.83. The molecule has 1 aliphatic heterocycles. The molecule has 0 aromatic heterocycles. The van der Waals surface area contributed by atoms with Crippen molar-refractivity contribution in [2.24, 2.45) is 5.92 Å². The molecule has 0 bridgehead atoms. The average Bonchev–Trinajstić information content (AvgIpc) is 2.34. The number of nitrogens with zero attached hydrogens (tertiary/aromatic N) is 1. The van der Waals surface area contributed by atoms with E-state index in [4.69, 9.17) is 15.3 Å². The standard InChI is InChI=1S/C12H26N2O3/c15-5-1-2-11-8-12(13-3-6-16)10-14(9-11)4-7-17/h11-13,15-17H,1-10H2. The van der Waals surface area contributed by atoms with E-state index in [2.05, 4.69) is 10.2 Å². The fourth-order valence-corrected chi connectivity index (χ4v) is 2.63. The Labute approximate surface area is 103 Å². The molecule has 0 aromatic carbocycles. The minimum Gasteiger partial charge on any atom is -0.396 e. The molecule has 5 heteroatoms. The molecule has 1 fully saturated rings. The van der Waals surface area contributed by atoms with Crippen molar-refractivity contribution >= 4 is 0 Å². The van der Waals surface area contributed by atoms with Crippen molar-refractivity contribution in [2.45, 2.75) is 25.3 Å². The van der Waals surface area contributed by atoms with E-state index in [9.17, 15) is 0 Å². The summed E-state index contributed by atoms with van der Waals surface area (Å²) in [5.41, 5.74) is 0. The van der Waals surface area contributed by atoms with Crippen LogP contribution in [-0.2, 0) is 0 Å². The van der Waals surface area contributed by atoms with E-state index < -0.39 is 0 Å². The van der Waals surface area contributed by atoms with Gasteiger partial charge in [-0.25, -0.2) is 0 Å². The van der Waals surface area contributed by atoms with Gasteiger partial charge in [0, 0.05) is 38.8 Å². The molecule has 1 saturated heterocycles. The van der Waals surface area contributed by atoms with Crippen LogP contribution in [0.25, 0.3) is 0 Å². The first-order valence-electron chi connectivity index (χ1n) is 6.58. The SMILES string of the molecule is OCCCC1CC(NCCO)CN(CCO)C1. The molecule has 0 aliphatic carbocycles. The van der Waals surface area contributed by atoms with E-state index in [0.717, 1.165) is 32.4 Å². The minimum atomic E-state index is 0.164. The third-order valence-corrected chi connectivity index (χ3v) is 3.34. The van der Waals surface area contributed by atoms with Crippen LogP contribution in [0, 0.1) is 5.92 Å². The molecule has 0 radical (unpaired) electrons. The molecule has 102 valence electrons. The van der Waals surface area contributed by atoms with Crippen molar-refractivity contribution in [3.63, 3.8) is 0 Å². The summed E-state index contributed by atoms with van der Waals surface area (Å²) in [5.74, 6) is 0.582. The largest absolute Gasteiger partial charge is 0.396 e. The second-order valence-corrected chi connectivity index (χ2v) is 4.83. The van der Waals surface area contributed by atoms with Gasteiger partial charge in [0.15, 0.2) is 0 Å². The molecule has 17 heavy (non-hydrogen) atoms. The van der Waals surface area contributed by atoms with Gasteiger partial charge in [0.05, 0.1) is 13.2 Å². The first kappa shape index (κ1) is 14.9. The third-order valence-electron chi connectivity index (χ3n) is 3.34. The molecule has 2 unspecified atom stereocenters. The lowest BCUT2D eigenvalue weighted by Crippen LogP contribution is -2.50. The summed E-state index contributed by atoms with van der Waals surface area (Å²) in [6.45, 7) is 3.91. The normalized spacial score (nSPS) is 26.3. The Morgan fingerprint density at radius 3 is 2.53 bits per heavy atom. The number of aliphatic hydroxyl groups is 3. The maximum absolute atomic E-state index is 9.00. The number of likely N-dealkylation sites (tertiary alicyclic amines) is 1. The van der Waals surface area contributed by atoms with Gasteiger partial charge in [-0.3, -0.25) is 4.90 Å². The molecule has 1 rings (SSSR count). The molecule has 0 aromatic rings. The average molecular weight is 246 g/mol. The predicted octanol–water partition coefficient (Wildman–Crippen LogP) is -0.976. The van der Waals surface area contributed by atoms with Gasteiger partial charge in [0.2, 0.25) is 0 Å². The maximum atomic E-state index is 9.00. The Balaban J connectivity index is 2.37.